The number of benzene rings is 1. The van der Waals surface area contributed by atoms with Crippen molar-refractivity contribution < 1.29 is 9.47 Å². The molecule has 0 amide bonds. The Morgan fingerprint density at radius 3 is 2.58 bits per heavy atom. The molecule has 1 aromatic carbocycles. The normalized spacial score (nSPS) is 10.6. The molecule has 0 saturated heterocycles. The minimum Gasteiger partial charge on any atom is -0.497 e. The fraction of sp³-hybridized carbons (Fsp3) is 0.286. The van der Waals surface area contributed by atoms with E-state index in [4.69, 9.17) is 21.1 Å². The van der Waals surface area contributed by atoms with Gasteiger partial charge in [0.2, 0.25) is 5.88 Å². The number of hydrogen-bond donors (Lipinski definition) is 0. The Hall–Kier alpha value is -1.81. The molecule has 0 radical (unpaired) electrons. The predicted octanol–water partition coefficient (Wildman–Crippen LogP) is 4.05. The van der Waals surface area contributed by atoms with Gasteiger partial charge >= 0.3 is 0 Å². The lowest BCUT2D eigenvalue weighted by atomic mass is 10.1. The molecule has 1 aromatic heterocycles. The lowest BCUT2D eigenvalue weighted by Gasteiger charge is -2.13. The molecule has 0 bridgehead atoms. The molecule has 0 spiro atoms. The van der Waals surface area contributed by atoms with E-state index in [-0.39, 0.29) is 5.92 Å². The van der Waals surface area contributed by atoms with Gasteiger partial charge in [0.15, 0.2) is 0 Å². The van der Waals surface area contributed by atoms with E-state index in [0.717, 1.165) is 11.3 Å². The molecule has 0 fully saturated rings. The Labute approximate surface area is 117 Å². The number of rotatable bonds is 4. The molecular formula is C14H15ClN2O2. The zero-order valence-corrected chi connectivity index (χ0v) is 11.8. The summed E-state index contributed by atoms with van der Waals surface area (Å²) in [6.45, 7) is 4.03. The van der Waals surface area contributed by atoms with Gasteiger partial charge in [0.1, 0.15) is 23.0 Å². The molecule has 0 aliphatic heterocycles. The largest absolute Gasteiger partial charge is 0.497 e. The summed E-state index contributed by atoms with van der Waals surface area (Å²) in [5.74, 6) is 2.03. The molecule has 1 heterocycles. The van der Waals surface area contributed by atoms with E-state index in [2.05, 4.69) is 9.97 Å². The van der Waals surface area contributed by atoms with E-state index in [0.29, 0.717) is 16.8 Å². The summed E-state index contributed by atoms with van der Waals surface area (Å²) in [6, 6.07) is 7.33. The maximum atomic E-state index is 6.09. The third-order valence-electron chi connectivity index (χ3n) is 2.63. The van der Waals surface area contributed by atoms with Gasteiger partial charge in [-0.3, -0.25) is 0 Å². The second kappa shape index (κ2) is 5.89. The average molecular weight is 279 g/mol. The third kappa shape index (κ3) is 3.15. The summed E-state index contributed by atoms with van der Waals surface area (Å²) in [7, 11) is 1.61. The molecule has 2 rings (SSSR count). The lowest BCUT2D eigenvalue weighted by molar-refractivity contribution is 0.406. The van der Waals surface area contributed by atoms with Crippen LogP contribution in [-0.2, 0) is 0 Å². The van der Waals surface area contributed by atoms with Gasteiger partial charge in [-0.1, -0.05) is 31.5 Å². The first-order valence-electron chi connectivity index (χ1n) is 5.94. The van der Waals surface area contributed by atoms with Gasteiger partial charge in [0.25, 0.3) is 0 Å². The molecule has 100 valence electrons. The summed E-state index contributed by atoms with van der Waals surface area (Å²) in [5.41, 5.74) is 0.798. The van der Waals surface area contributed by atoms with Crippen molar-refractivity contribution in [3.05, 3.63) is 41.3 Å². The summed E-state index contributed by atoms with van der Waals surface area (Å²) in [6.07, 6.45) is 1.39. The number of methoxy groups -OCH3 is 1. The standard InChI is InChI=1S/C14H15ClN2O2/c1-9(2)12-13(15)16-8-17-14(12)19-11-6-4-5-10(7-11)18-3/h4-9H,1-3H3. The highest BCUT2D eigenvalue weighted by Gasteiger charge is 2.15. The van der Waals surface area contributed by atoms with E-state index in [1.54, 1.807) is 13.2 Å². The molecule has 19 heavy (non-hydrogen) atoms. The molecule has 2 aromatic rings. The second-order valence-electron chi connectivity index (χ2n) is 4.32. The summed E-state index contributed by atoms with van der Waals surface area (Å²) in [5, 5.41) is 0.419. The van der Waals surface area contributed by atoms with Crippen molar-refractivity contribution in [2.24, 2.45) is 0 Å². The van der Waals surface area contributed by atoms with Crippen LogP contribution in [0.4, 0.5) is 0 Å². The Morgan fingerprint density at radius 1 is 1.16 bits per heavy atom. The van der Waals surface area contributed by atoms with Crippen molar-refractivity contribution in [2.75, 3.05) is 7.11 Å². The van der Waals surface area contributed by atoms with E-state index >= 15 is 0 Å². The maximum absolute atomic E-state index is 6.09. The van der Waals surface area contributed by atoms with Crippen molar-refractivity contribution >= 4 is 11.6 Å². The minimum atomic E-state index is 0.175. The van der Waals surface area contributed by atoms with Crippen molar-refractivity contribution in [1.29, 1.82) is 0 Å². The van der Waals surface area contributed by atoms with E-state index in [1.165, 1.54) is 6.33 Å². The van der Waals surface area contributed by atoms with Gasteiger partial charge in [-0.15, -0.1) is 0 Å². The van der Waals surface area contributed by atoms with Crippen molar-refractivity contribution in [1.82, 2.24) is 9.97 Å². The van der Waals surface area contributed by atoms with Gasteiger partial charge in [0.05, 0.1) is 12.7 Å². The Balaban J connectivity index is 2.35. The molecule has 0 N–H and O–H groups in total. The van der Waals surface area contributed by atoms with Gasteiger partial charge in [-0.05, 0) is 18.1 Å². The van der Waals surface area contributed by atoms with Crippen LogP contribution in [0.3, 0.4) is 0 Å². The van der Waals surface area contributed by atoms with Gasteiger partial charge < -0.3 is 9.47 Å². The fourth-order valence-corrected chi connectivity index (χ4v) is 2.04. The third-order valence-corrected chi connectivity index (χ3v) is 2.93. The van der Waals surface area contributed by atoms with Crippen molar-refractivity contribution in [3.63, 3.8) is 0 Å². The van der Waals surface area contributed by atoms with Crippen LogP contribution in [0.15, 0.2) is 30.6 Å². The number of nitrogens with zero attached hydrogens (tertiary/aromatic N) is 2. The number of hydrogen-bond acceptors (Lipinski definition) is 4. The molecule has 0 saturated carbocycles. The van der Waals surface area contributed by atoms with Crippen molar-refractivity contribution in [2.45, 2.75) is 19.8 Å². The van der Waals surface area contributed by atoms with Crippen LogP contribution in [0.5, 0.6) is 17.4 Å². The highest BCUT2D eigenvalue weighted by atomic mass is 35.5. The van der Waals surface area contributed by atoms with Crippen LogP contribution in [-0.4, -0.2) is 17.1 Å². The highest BCUT2D eigenvalue weighted by molar-refractivity contribution is 6.30. The van der Waals surface area contributed by atoms with Gasteiger partial charge in [-0.2, -0.15) is 0 Å². The summed E-state index contributed by atoms with van der Waals surface area (Å²) < 4.78 is 10.9. The van der Waals surface area contributed by atoms with E-state index in [1.807, 2.05) is 32.0 Å². The van der Waals surface area contributed by atoms with Crippen LogP contribution < -0.4 is 9.47 Å². The fourth-order valence-electron chi connectivity index (χ4n) is 1.70. The number of aromatic nitrogens is 2. The van der Waals surface area contributed by atoms with Crippen LogP contribution in [0.25, 0.3) is 0 Å². The first kappa shape index (κ1) is 13.6. The quantitative estimate of drug-likeness (QED) is 0.791. The Kier molecular flexibility index (Phi) is 4.22. The molecular weight excluding hydrogens is 264 g/mol. The first-order chi connectivity index (χ1) is 9.11. The van der Waals surface area contributed by atoms with Crippen LogP contribution in [0.1, 0.15) is 25.3 Å². The molecule has 4 nitrogen and oxygen atoms in total. The highest BCUT2D eigenvalue weighted by Crippen LogP contribution is 2.33. The second-order valence-corrected chi connectivity index (χ2v) is 4.68. The minimum absolute atomic E-state index is 0.175. The topological polar surface area (TPSA) is 44.2 Å². The smallest absolute Gasteiger partial charge is 0.227 e. The predicted molar refractivity (Wildman–Crippen MR) is 74.2 cm³/mol. The Morgan fingerprint density at radius 2 is 1.89 bits per heavy atom. The molecule has 0 aliphatic carbocycles. The average Bonchev–Trinajstić information content (AvgIpc) is 2.38. The van der Waals surface area contributed by atoms with Crippen molar-refractivity contribution in [3.8, 4) is 17.4 Å². The monoisotopic (exact) mass is 278 g/mol. The molecule has 5 heteroatoms. The molecule has 0 aliphatic rings. The van der Waals surface area contributed by atoms with E-state index < -0.39 is 0 Å². The summed E-state index contributed by atoms with van der Waals surface area (Å²) in [4.78, 5) is 8.14. The maximum Gasteiger partial charge on any atom is 0.227 e. The number of halogens is 1. The van der Waals surface area contributed by atoms with Crippen LogP contribution in [0.2, 0.25) is 5.15 Å². The van der Waals surface area contributed by atoms with Crippen LogP contribution >= 0.6 is 11.6 Å². The number of ether oxygens (including phenoxy) is 2. The van der Waals surface area contributed by atoms with Gasteiger partial charge in [-0.25, -0.2) is 9.97 Å². The summed E-state index contributed by atoms with van der Waals surface area (Å²) >= 11 is 6.09. The molecule has 0 unspecified atom stereocenters. The molecule has 0 atom stereocenters. The van der Waals surface area contributed by atoms with Gasteiger partial charge in [0, 0.05) is 6.07 Å². The zero-order valence-electron chi connectivity index (χ0n) is 11.1. The van der Waals surface area contributed by atoms with Crippen LogP contribution in [0, 0.1) is 0 Å². The van der Waals surface area contributed by atoms with E-state index in [9.17, 15) is 0 Å². The SMILES string of the molecule is COc1cccc(Oc2ncnc(Cl)c2C(C)C)c1. The first-order valence-corrected chi connectivity index (χ1v) is 6.32. The Bertz CT molecular complexity index is 573. The lowest BCUT2D eigenvalue weighted by Crippen LogP contribution is -1.99. The zero-order chi connectivity index (χ0) is 13.8.